The molecule has 0 spiro atoms. The summed E-state index contributed by atoms with van der Waals surface area (Å²) in [6.45, 7) is 2.03. The van der Waals surface area contributed by atoms with E-state index in [1.54, 1.807) is 25.3 Å². The maximum atomic E-state index is 12.9. The van der Waals surface area contributed by atoms with Crippen molar-refractivity contribution in [2.45, 2.75) is 6.92 Å². The van der Waals surface area contributed by atoms with Gasteiger partial charge in [0.05, 0.1) is 18.8 Å². The summed E-state index contributed by atoms with van der Waals surface area (Å²) in [5, 5.41) is 4.79. The SMILES string of the molecule is COc1ccc2[nH]c3c(=O)n(/N=C\C(C)=C/c4ccc5c(c4)OCO5)c(=O)[nH]c3c2c1. The molecule has 4 aromatic rings. The standard InChI is InChI=1S/C22H18N4O5/c1-12(7-13-3-6-17-18(8-13)31-11-30-17)10-23-26-21(27)20-19(25-22(26)28)15-9-14(29-2)4-5-16(15)24-20/h3-10,24H,11H2,1-2H3,(H,25,28)/b12-7-,23-10-. The average Bonchev–Trinajstić information content (AvgIpc) is 3.37. The van der Waals surface area contributed by atoms with Crippen LogP contribution in [-0.2, 0) is 0 Å². The Morgan fingerprint density at radius 2 is 1.94 bits per heavy atom. The van der Waals surface area contributed by atoms with Crippen LogP contribution in [0.1, 0.15) is 12.5 Å². The molecule has 1 aliphatic rings. The summed E-state index contributed by atoms with van der Waals surface area (Å²) in [7, 11) is 1.56. The lowest BCUT2D eigenvalue weighted by atomic mass is 10.1. The number of methoxy groups -OCH3 is 1. The molecule has 5 rings (SSSR count). The van der Waals surface area contributed by atoms with Gasteiger partial charge >= 0.3 is 11.2 Å². The molecule has 3 heterocycles. The number of allylic oxidation sites excluding steroid dienone is 1. The van der Waals surface area contributed by atoms with Crippen LogP contribution < -0.4 is 25.5 Å². The monoisotopic (exact) mass is 418 g/mol. The quantitative estimate of drug-likeness (QED) is 0.495. The number of nitrogens with zero attached hydrogens (tertiary/aromatic N) is 2. The number of ether oxygens (including phenoxy) is 3. The van der Waals surface area contributed by atoms with Gasteiger partial charge < -0.3 is 24.2 Å². The minimum Gasteiger partial charge on any atom is -0.497 e. The van der Waals surface area contributed by atoms with Crippen LogP contribution in [0.25, 0.3) is 28.0 Å². The lowest BCUT2D eigenvalue weighted by Gasteiger charge is -2.00. The summed E-state index contributed by atoms with van der Waals surface area (Å²) >= 11 is 0. The number of nitrogens with one attached hydrogen (secondary N) is 2. The van der Waals surface area contributed by atoms with Gasteiger partial charge in [-0.1, -0.05) is 12.1 Å². The Bertz CT molecular complexity index is 1510. The molecule has 2 N–H and O–H groups in total. The fraction of sp³-hybridized carbons (Fsp3) is 0.136. The number of fused-ring (bicyclic) bond motifs is 4. The first kappa shape index (κ1) is 18.7. The normalized spacial score (nSPS) is 13.5. The predicted molar refractivity (Wildman–Crippen MR) is 117 cm³/mol. The summed E-state index contributed by atoms with van der Waals surface area (Å²) < 4.78 is 16.7. The minimum absolute atomic E-state index is 0.206. The number of aromatic amines is 2. The van der Waals surface area contributed by atoms with Crippen LogP contribution >= 0.6 is 0 Å². The molecular formula is C22H18N4O5. The fourth-order valence-corrected chi connectivity index (χ4v) is 3.50. The number of H-pyrrole nitrogens is 2. The third-order valence-corrected chi connectivity index (χ3v) is 5.00. The maximum Gasteiger partial charge on any atom is 0.350 e. The highest BCUT2D eigenvalue weighted by molar-refractivity contribution is 6.04. The van der Waals surface area contributed by atoms with Gasteiger partial charge in [-0.15, -0.1) is 4.68 Å². The van der Waals surface area contributed by atoms with E-state index in [1.165, 1.54) is 6.21 Å². The highest BCUT2D eigenvalue weighted by Gasteiger charge is 2.14. The van der Waals surface area contributed by atoms with Gasteiger partial charge in [0.25, 0.3) is 0 Å². The molecule has 0 aliphatic carbocycles. The number of rotatable bonds is 4. The van der Waals surface area contributed by atoms with Gasteiger partial charge in [-0.05, 0) is 48.4 Å². The summed E-state index contributed by atoms with van der Waals surface area (Å²) in [4.78, 5) is 31.2. The van der Waals surface area contributed by atoms with Crippen LogP contribution in [-0.4, -0.2) is 34.8 Å². The molecule has 0 unspecified atom stereocenters. The second-order valence-electron chi connectivity index (χ2n) is 7.08. The van der Waals surface area contributed by atoms with Crippen LogP contribution in [0.15, 0.2) is 56.7 Å². The number of aromatic nitrogens is 3. The summed E-state index contributed by atoms with van der Waals surface area (Å²) in [5.41, 5.74) is 1.85. The van der Waals surface area contributed by atoms with E-state index in [4.69, 9.17) is 14.2 Å². The van der Waals surface area contributed by atoms with E-state index in [-0.39, 0.29) is 12.3 Å². The van der Waals surface area contributed by atoms with Crippen LogP contribution in [0, 0.1) is 0 Å². The second-order valence-corrected chi connectivity index (χ2v) is 7.08. The first-order valence-corrected chi connectivity index (χ1v) is 9.50. The fourth-order valence-electron chi connectivity index (χ4n) is 3.50. The van der Waals surface area contributed by atoms with Crippen molar-refractivity contribution in [2.24, 2.45) is 5.10 Å². The van der Waals surface area contributed by atoms with Crippen molar-refractivity contribution in [1.82, 2.24) is 14.6 Å². The van der Waals surface area contributed by atoms with Crippen molar-refractivity contribution in [3.05, 3.63) is 68.4 Å². The van der Waals surface area contributed by atoms with E-state index >= 15 is 0 Å². The van der Waals surface area contributed by atoms with Gasteiger partial charge in [0.1, 0.15) is 11.3 Å². The molecule has 0 amide bonds. The molecule has 156 valence electrons. The molecule has 0 radical (unpaired) electrons. The third kappa shape index (κ3) is 3.25. The number of hydrogen-bond donors (Lipinski definition) is 2. The van der Waals surface area contributed by atoms with Gasteiger partial charge in [0.15, 0.2) is 11.5 Å². The van der Waals surface area contributed by atoms with Crippen molar-refractivity contribution < 1.29 is 14.2 Å². The predicted octanol–water partition coefficient (Wildman–Crippen LogP) is 2.85. The highest BCUT2D eigenvalue weighted by atomic mass is 16.7. The van der Waals surface area contributed by atoms with Gasteiger partial charge in [-0.3, -0.25) is 4.79 Å². The lowest BCUT2D eigenvalue weighted by Crippen LogP contribution is -2.32. The molecule has 1 aliphatic heterocycles. The van der Waals surface area contributed by atoms with Crippen molar-refractivity contribution in [1.29, 1.82) is 0 Å². The molecule has 0 saturated carbocycles. The van der Waals surface area contributed by atoms with E-state index < -0.39 is 11.2 Å². The Labute approximate surface area is 175 Å². The van der Waals surface area contributed by atoms with E-state index in [2.05, 4.69) is 15.1 Å². The minimum atomic E-state index is -0.631. The first-order chi connectivity index (χ1) is 15.0. The summed E-state index contributed by atoms with van der Waals surface area (Å²) in [6, 6.07) is 10.9. The Morgan fingerprint density at radius 3 is 2.77 bits per heavy atom. The molecular weight excluding hydrogens is 400 g/mol. The van der Waals surface area contributed by atoms with Crippen LogP contribution in [0.3, 0.4) is 0 Å². The van der Waals surface area contributed by atoms with Gasteiger partial charge in [-0.25, -0.2) is 4.79 Å². The molecule has 2 aromatic carbocycles. The van der Waals surface area contributed by atoms with Gasteiger partial charge in [-0.2, -0.15) is 5.10 Å². The van der Waals surface area contributed by atoms with E-state index in [0.29, 0.717) is 33.7 Å². The molecule has 2 aromatic heterocycles. The smallest absolute Gasteiger partial charge is 0.350 e. The Morgan fingerprint density at radius 1 is 1.10 bits per heavy atom. The van der Waals surface area contributed by atoms with Crippen LogP contribution in [0.4, 0.5) is 0 Å². The average molecular weight is 418 g/mol. The molecule has 31 heavy (non-hydrogen) atoms. The van der Waals surface area contributed by atoms with Crippen molar-refractivity contribution >= 4 is 34.2 Å². The first-order valence-electron chi connectivity index (χ1n) is 9.50. The molecule has 0 fully saturated rings. The van der Waals surface area contributed by atoms with Gasteiger partial charge in [0.2, 0.25) is 6.79 Å². The highest BCUT2D eigenvalue weighted by Crippen LogP contribution is 2.33. The van der Waals surface area contributed by atoms with E-state index in [1.807, 2.05) is 31.2 Å². The maximum absolute atomic E-state index is 12.9. The summed E-state index contributed by atoms with van der Waals surface area (Å²) in [5.74, 6) is 2.00. The van der Waals surface area contributed by atoms with Gasteiger partial charge in [0, 0.05) is 10.9 Å². The second kappa shape index (κ2) is 7.21. The zero-order valence-electron chi connectivity index (χ0n) is 16.8. The zero-order valence-corrected chi connectivity index (χ0v) is 16.8. The number of benzene rings is 2. The molecule has 0 saturated heterocycles. The van der Waals surface area contributed by atoms with E-state index in [0.717, 1.165) is 15.8 Å². The zero-order chi connectivity index (χ0) is 21.5. The Hall–Kier alpha value is -4.27. The molecule has 9 nitrogen and oxygen atoms in total. The van der Waals surface area contributed by atoms with Crippen molar-refractivity contribution in [2.75, 3.05) is 13.9 Å². The number of hydrogen-bond acceptors (Lipinski definition) is 6. The largest absolute Gasteiger partial charge is 0.497 e. The van der Waals surface area contributed by atoms with E-state index in [9.17, 15) is 9.59 Å². The lowest BCUT2D eigenvalue weighted by molar-refractivity contribution is 0.174. The molecule has 0 bridgehead atoms. The van der Waals surface area contributed by atoms with Crippen molar-refractivity contribution in [3.8, 4) is 17.2 Å². The molecule has 0 atom stereocenters. The Balaban J connectivity index is 1.52. The topological polar surface area (TPSA) is 111 Å². The molecule has 9 heteroatoms. The van der Waals surface area contributed by atoms with Crippen LogP contribution in [0.2, 0.25) is 0 Å². The van der Waals surface area contributed by atoms with Crippen molar-refractivity contribution in [3.63, 3.8) is 0 Å². The van der Waals surface area contributed by atoms with Crippen LogP contribution in [0.5, 0.6) is 17.2 Å². The Kier molecular flexibility index (Phi) is 4.36. The summed E-state index contributed by atoms with van der Waals surface area (Å²) in [6.07, 6.45) is 3.32. The third-order valence-electron chi connectivity index (χ3n) is 5.00.